The van der Waals surface area contributed by atoms with Crippen LogP contribution in [0.2, 0.25) is 0 Å². The molecule has 0 spiro atoms. The van der Waals surface area contributed by atoms with Crippen molar-refractivity contribution in [3.63, 3.8) is 0 Å². The van der Waals surface area contributed by atoms with Crippen molar-refractivity contribution >= 4 is 29.2 Å². The number of amides is 1. The molecule has 17 heavy (non-hydrogen) atoms. The summed E-state index contributed by atoms with van der Waals surface area (Å²) in [6.07, 6.45) is 1.59. The van der Waals surface area contributed by atoms with Crippen molar-refractivity contribution in [1.82, 2.24) is 5.32 Å². The molecule has 0 unspecified atom stereocenters. The van der Waals surface area contributed by atoms with Gasteiger partial charge in [-0.2, -0.15) is 0 Å². The lowest BCUT2D eigenvalue weighted by atomic mass is 10.3. The summed E-state index contributed by atoms with van der Waals surface area (Å²) in [7, 11) is 1.53. The van der Waals surface area contributed by atoms with Gasteiger partial charge < -0.3 is 10.1 Å². The highest BCUT2D eigenvalue weighted by molar-refractivity contribution is 8.18. The fourth-order valence-electron chi connectivity index (χ4n) is 1.53. The molecule has 0 fully saturated rings. The molecule has 0 saturated carbocycles. The summed E-state index contributed by atoms with van der Waals surface area (Å²) in [5.41, 5.74) is 0. The van der Waals surface area contributed by atoms with E-state index < -0.39 is 12.1 Å². The minimum atomic E-state index is -1.42. The number of rotatable bonds is 4. The molecule has 0 aliphatic rings. The Labute approximate surface area is 108 Å². The lowest BCUT2D eigenvalue weighted by molar-refractivity contribution is 0.203. The number of nitrogens with one attached hydrogen (secondary N) is 1. The van der Waals surface area contributed by atoms with Gasteiger partial charge in [0, 0.05) is 7.05 Å². The SMILES string of the molecule is CCP(=S)(CC)c1ccc(OC(=O)NC)cc1. The quantitative estimate of drug-likeness (QED) is 0.855. The topological polar surface area (TPSA) is 38.3 Å². The fraction of sp³-hybridized carbons (Fsp3) is 0.417. The average Bonchev–Trinajstić information content (AvgIpc) is 2.38. The smallest absolute Gasteiger partial charge is 0.410 e. The molecule has 94 valence electrons. The Morgan fingerprint density at radius 3 is 2.24 bits per heavy atom. The number of hydrogen-bond acceptors (Lipinski definition) is 3. The maximum absolute atomic E-state index is 11.0. The maximum atomic E-state index is 11.0. The van der Waals surface area contributed by atoms with Crippen LogP contribution in [0.3, 0.4) is 0 Å². The summed E-state index contributed by atoms with van der Waals surface area (Å²) < 4.78 is 5.03. The zero-order chi connectivity index (χ0) is 12.9. The third-order valence-electron chi connectivity index (χ3n) is 2.74. The zero-order valence-electron chi connectivity index (χ0n) is 10.4. The van der Waals surface area contributed by atoms with Crippen LogP contribution in [0.25, 0.3) is 0 Å². The van der Waals surface area contributed by atoms with Crippen molar-refractivity contribution < 1.29 is 9.53 Å². The molecule has 3 nitrogen and oxygen atoms in total. The van der Waals surface area contributed by atoms with E-state index in [9.17, 15) is 4.79 Å². The van der Waals surface area contributed by atoms with Crippen LogP contribution in [-0.4, -0.2) is 25.5 Å². The third-order valence-corrected chi connectivity index (χ3v) is 8.21. The molecule has 0 aromatic heterocycles. The van der Waals surface area contributed by atoms with Crippen LogP contribution < -0.4 is 15.4 Å². The third kappa shape index (κ3) is 3.55. The monoisotopic (exact) mass is 271 g/mol. The second kappa shape index (κ2) is 6.18. The Bertz CT molecular complexity index is 423. The van der Waals surface area contributed by atoms with Crippen LogP contribution in [-0.2, 0) is 11.8 Å². The van der Waals surface area contributed by atoms with Gasteiger partial charge in [-0.1, -0.05) is 37.8 Å². The van der Waals surface area contributed by atoms with Gasteiger partial charge in [-0.15, -0.1) is 0 Å². The van der Waals surface area contributed by atoms with E-state index in [4.69, 9.17) is 16.5 Å². The van der Waals surface area contributed by atoms with Gasteiger partial charge in [0.05, 0.1) is 0 Å². The molecule has 0 atom stereocenters. The molecule has 1 amide bonds. The molecule has 0 aliphatic carbocycles. The Morgan fingerprint density at radius 2 is 1.82 bits per heavy atom. The predicted octanol–water partition coefficient (Wildman–Crippen LogP) is 2.55. The van der Waals surface area contributed by atoms with Gasteiger partial charge in [0.1, 0.15) is 5.75 Å². The Hall–Kier alpha value is -0.860. The summed E-state index contributed by atoms with van der Waals surface area (Å²) in [5, 5.41) is 3.62. The van der Waals surface area contributed by atoms with Crippen LogP contribution >= 0.6 is 6.04 Å². The van der Waals surface area contributed by atoms with E-state index in [0.29, 0.717) is 5.75 Å². The number of carbonyl (C=O) groups excluding carboxylic acids is 1. The first-order chi connectivity index (χ1) is 8.05. The number of benzene rings is 1. The molecular formula is C12H18NO2PS. The van der Waals surface area contributed by atoms with E-state index >= 15 is 0 Å². The van der Waals surface area contributed by atoms with Crippen molar-refractivity contribution in [1.29, 1.82) is 0 Å². The average molecular weight is 271 g/mol. The molecule has 1 aromatic carbocycles. The zero-order valence-corrected chi connectivity index (χ0v) is 12.1. The lowest BCUT2D eigenvalue weighted by Gasteiger charge is -2.18. The number of carbonyl (C=O) groups is 1. The van der Waals surface area contributed by atoms with Gasteiger partial charge in [0.2, 0.25) is 0 Å². The molecule has 5 heteroatoms. The van der Waals surface area contributed by atoms with Crippen molar-refractivity contribution in [2.24, 2.45) is 0 Å². The molecular weight excluding hydrogens is 253 g/mol. The first-order valence-corrected chi connectivity index (χ1v) is 8.81. The van der Waals surface area contributed by atoms with Crippen molar-refractivity contribution in [2.45, 2.75) is 13.8 Å². The van der Waals surface area contributed by atoms with Crippen molar-refractivity contribution in [2.75, 3.05) is 19.4 Å². The molecule has 1 rings (SSSR count). The largest absolute Gasteiger partial charge is 0.412 e. The van der Waals surface area contributed by atoms with E-state index in [-0.39, 0.29) is 0 Å². The van der Waals surface area contributed by atoms with Gasteiger partial charge in [-0.25, -0.2) is 4.79 Å². The van der Waals surface area contributed by atoms with Gasteiger partial charge in [-0.3, -0.25) is 0 Å². The summed E-state index contributed by atoms with van der Waals surface area (Å²) >= 11 is 5.72. The van der Waals surface area contributed by atoms with Crippen molar-refractivity contribution in [3.8, 4) is 5.75 Å². The van der Waals surface area contributed by atoms with Gasteiger partial charge in [0.15, 0.2) is 0 Å². The standard InChI is InChI=1S/C12H18NO2PS/c1-4-16(17,5-2)11-8-6-10(7-9-11)15-12(14)13-3/h6-9H,4-5H2,1-3H3,(H,13,14). The first kappa shape index (κ1) is 14.2. The maximum Gasteiger partial charge on any atom is 0.412 e. The first-order valence-electron chi connectivity index (χ1n) is 5.64. The molecule has 0 saturated heterocycles. The molecule has 1 aromatic rings. The normalized spacial score (nSPS) is 11.0. The predicted molar refractivity (Wildman–Crippen MR) is 76.5 cm³/mol. The highest BCUT2D eigenvalue weighted by atomic mass is 32.4. The van der Waals surface area contributed by atoms with E-state index in [1.165, 1.54) is 12.4 Å². The van der Waals surface area contributed by atoms with E-state index in [1.54, 1.807) is 12.1 Å². The highest BCUT2D eigenvalue weighted by Crippen LogP contribution is 2.43. The number of hydrogen-bond donors (Lipinski definition) is 1. The van der Waals surface area contributed by atoms with Crippen LogP contribution in [0.1, 0.15) is 13.8 Å². The van der Waals surface area contributed by atoms with E-state index in [2.05, 4.69) is 19.2 Å². The number of ether oxygens (including phenoxy) is 1. The van der Waals surface area contributed by atoms with Crippen LogP contribution in [0.4, 0.5) is 4.79 Å². The van der Waals surface area contributed by atoms with Crippen LogP contribution in [0.15, 0.2) is 24.3 Å². The minimum absolute atomic E-state index is 0.455. The van der Waals surface area contributed by atoms with Gasteiger partial charge in [0.25, 0.3) is 0 Å². The highest BCUT2D eigenvalue weighted by Gasteiger charge is 2.14. The summed E-state index contributed by atoms with van der Waals surface area (Å²) in [4.78, 5) is 11.0. The van der Waals surface area contributed by atoms with E-state index in [0.717, 1.165) is 12.3 Å². The summed E-state index contributed by atoms with van der Waals surface area (Å²) in [6.45, 7) is 4.28. The second-order valence-electron chi connectivity index (χ2n) is 3.66. The molecule has 0 heterocycles. The minimum Gasteiger partial charge on any atom is -0.410 e. The molecule has 0 aliphatic heterocycles. The van der Waals surface area contributed by atoms with Gasteiger partial charge >= 0.3 is 6.09 Å². The second-order valence-corrected chi connectivity index (χ2v) is 9.31. The van der Waals surface area contributed by atoms with Gasteiger partial charge in [-0.05, 0) is 35.8 Å². The van der Waals surface area contributed by atoms with Crippen LogP contribution in [0, 0.1) is 0 Å². The van der Waals surface area contributed by atoms with Crippen molar-refractivity contribution in [3.05, 3.63) is 24.3 Å². The molecule has 0 radical (unpaired) electrons. The Balaban J connectivity index is 2.88. The summed E-state index contributed by atoms with van der Waals surface area (Å²) in [6, 6.07) is 6.14. The molecule has 0 bridgehead atoms. The Kier molecular flexibility index (Phi) is 5.16. The molecule has 1 N–H and O–H groups in total. The Morgan fingerprint density at radius 1 is 1.29 bits per heavy atom. The summed E-state index contributed by atoms with van der Waals surface area (Å²) in [5.74, 6) is 0.543. The fourth-order valence-corrected chi connectivity index (χ4v) is 3.77. The van der Waals surface area contributed by atoms with Crippen LogP contribution in [0.5, 0.6) is 5.75 Å². The lowest BCUT2D eigenvalue weighted by Crippen LogP contribution is -2.22. The van der Waals surface area contributed by atoms with E-state index in [1.807, 2.05) is 12.1 Å².